The van der Waals surface area contributed by atoms with Crippen LogP contribution in [0.5, 0.6) is 0 Å². The minimum Gasteiger partial charge on any atom is -0.373 e. The van der Waals surface area contributed by atoms with Crippen molar-refractivity contribution in [1.82, 2.24) is 0 Å². The van der Waals surface area contributed by atoms with E-state index in [1.165, 1.54) is 0 Å². The van der Waals surface area contributed by atoms with Crippen LogP contribution in [0.2, 0.25) is 0 Å². The molecule has 0 heterocycles. The van der Waals surface area contributed by atoms with Gasteiger partial charge in [-0.05, 0) is 32.0 Å². The summed E-state index contributed by atoms with van der Waals surface area (Å²) in [5.41, 5.74) is -2.89. The molecule has 0 atom stereocenters. The Bertz CT molecular complexity index is 505. The van der Waals surface area contributed by atoms with Crippen molar-refractivity contribution in [2.24, 2.45) is 0 Å². The molecule has 0 aliphatic carbocycles. The fourth-order valence-electron chi connectivity index (χ4n) is 1.93. The molecule has 0 aromatic heterocycles. The standard InChI is InChI=1S/C13H16F6O3Si/c1-8(2)22-23(20-3,21-4)11-6-9(12(14,15)16)5-10(7-11)13(17,18)19/h5-8H,1-4H3. The summed E-state index contributed by atoms with van der Waals surface area (Å²) in [6.07, 6.45) is -10.4. The molecule has 0 bridgehead atoms. The average Bonchev–Trinajstić information content (AvgIpc) is 2.42. The molecule has 1 rings (SSSR count). The Hall–Kier alpha value is -1.10. The van der Waals surface area contributed by atoms with E-state index in [-0.39, 0.29) is 6.07 Å². The van der Waals surface area contributed by atoms with Gasteiger partial charge in [0.2, 0.25) is 0 Å². The summed E-state index contributed by atoms with van der Waals surface area (Å²) in [5.74, 6) is 0. The monoisotopic (exact) mass is 362 g/mol. The van der Waals surface area contributed by atoms with Crippen molar-refractivity contribution in [1.29, 1.82) is 0 Å². The van der Waals surface area contributed by atoms with Gasteiger partial charge in [0.15, 0.2) is 0 Å². The molecule has 0 saturated heterocycles. The minimum atomic E-state index is -4.95. The summed E-state index contributed by atoms with van der Waals surface area (Å²) >= 11 is 0. The van der Waals surface area contributed by atoms with Crippen molar-refractivity contribution in [2.75, 3.05) is 14.2 Å². The van der Waals surface area contributed by atoms with Crippen molar-refractivity contribution in [3.8, 4) is 0 Å². The number of rotatable bonds is 5. The zero-order valence-corrected chi connectivity index (χ0v) is 13.8. The highest BCUT2D eigenvalue weighted by atomic mass is 28.4. The SMILES string of the molecule is CO[Si](OC)(OC(C)C)c1cc(C(F)(F)F)cc(C(F)(F)F)c1. The molecule has 3 nitrogen and oxygen atoms in total. The maximum Gasteiger partial charge on any atom is 0.536 e. The van der Waals surface area contributed by atoms with E-state index < -0.39 is 43.6 Å². The van der Waals surface area contributed by atoms with Gasteiger partial charge >= 0.3 is 21.2 Å². The van der Waals surface area contributed by atoms with Crippen molar-refractivity contribution in [3.63, 3.8) is 0 Å². The third-order valence-electron chi connectivity index (χ3n) is 2.87. The average molecular weight is 362 g/mol. The van der Waals surface area contributed by atoms with E-state index in [0.717, 1.165) is 14.2 Å². The highest BCUT2D eigenvalue weighted by Gasteiger charge is 2.46. The fourth-order valence-corrected chi connectivity index (χ4v) is 4.18. The van der Waals surface area contributed by atoms with Gasteiger partial charge in [0.1, 0.15) is 0 Å². The molecule has 1 aromatic rings. The number of halogens is 6. The Morgan fingerprint density at radius 3 is 1.48 bits per heavy atom. The third-order valence-corrected chi connectivity index (χ3v) is 5.72. The second kappa shape index (κ2) is 6.79. The van der Waals surface area contributed by atoms with E-state index in [4.69, 9.17) is 13.3 Å². The van der Waals surface area contributed by atoms with Gasteiger partial charge in [-0.1, -0.05) is 0 Å². The first-order valence-electron chi connectivity index (χ1n) is 6.44. The summed E-state index contributed by atoms with van der Waals surface area (Å²) in [7, 11) is -1.67. The largest absolute Gasteiger partial charge is 0.536 e. The maximum absolute atomic E-state index is 12.9. The summed E-state index contributed by atoms with van der Waals surface area (Å²) in [4.78, 5) is 0. The highest BCUT2D eigenvalue weighted by molar-refractivity contribution is 6.75. The van der Waals surface area contributed by atoms with Gasteiger partial charge in [-0.3, -0.25) is 0 Å². The molecule has 23 heavy (non-hydrogen) atoms. The molecule has 0 radical (unpaired) electrons. The van der Waals surface area contributed by atoms with Crippen molar-refractivity contribution in [2.45, 2.75) is 32.3 Å². The second-order valence-corrected chi connectivity index (χ2v) is 7.67. The topological polar surface area (TPSA) is 27.7 Å². The van der Waals surface area contributed by atoms with E-state index in [0.29, 0.717) is 12.1 Å². The van der Waals surface area contributed by atoms with Crippen LogP contribution in [0.4, 0.5) is 26.3 Å². The number of hydrogen-bond acceptors (Lipinski definition) is 3. The van der Waals surface area contributed by atoms with E-state index in [9.17, 15) is 26.3 Å². The smallest absolute Gasteiger partial charge is 0.373 e. The molecule has 0 aliphatic rings. The first-order chi connectivity index (χ1) is 10.4. The molecule has 0 saturated carbocycles. The Morgan fingerprint density at radius 1 is 0.826 bits per heavy atom. The van der Waals surface area contributed by atoms with E-state index in [1.54, 1.807) is 13.8 Å². The zero-order chi connectivity index (χ0) is 18.1. The fraction of sp³-hybridized carbons (Fsp3) is 0.538. The molecule has 0 unspecified atom stereocenters. The summed E-state index contributed by atoms with van der Waals surface area (Å²) in [6, 6.07) is 1.18. The van der Waals surface area contributed by atoms with Gasteiger partial charge in [0.05, 0.1) is 11.1 Å². The van der Waals surface area contributed by atoms with E-state index >= 15 is 0 Å². The van der Waals surface area contributed by atoms with Gasteiger partial charge in [-0.2, -0.15) is 26.3 Å². The predicted octanol–water partition coefficient (Wildman–Crippen LogP) is 3.59. The Balaban J connectivity index is 3.61. The van der Waals surface area contributed by atoms with Crippen LogP contribution in [-0.2, 0) is 25.6 Å². The van der Waals surface area contributed by atoms with Gasteiger partial charge in [-0.25, -0.2) is 0 Å². The maximum atomic E-state index is 12.9. The van der Waals surface area contributed by atoms with Crippen LogP contribution in [0.1, 0.15) is 25.0 Å². The molecule has 0 fully saturated rings. The van der Waals surface area contributed by atoms with Gasteiger partial charge in [0.25, 0.3) is 0 Å². The first-order valence-corrected chi connectivity index (χ1v) is 8.16. The molecule has 1 aromatic carbocycles. The van der Waals surface area contributed by atoms with E-state index in [2.05, 4.69) is 0 Å². The first kappa shape index (κ1) is 19.9. The highest BCUT2D eigenvalue weighted by Crippen LogP contribution is 2.35. The molecule has 0 spiro atoms. The summed E-state index contributed by atoms with van der Waals surface area (Å²) < 4.78 is 93.1. The summed E-state index contributed by atoms with van der Waals surface area (Å²) in [5, 5.41) is -0.404. The third kappa shape index (κ3) is 4.69. The number of hydrogen-bond donors (Lipinski definition) is 0. The Kier molecular flexibility index (Phi) is 5.89. The quantitative estimate of drug-likeness (QED) is 0.592. The predicted molar refractivity (Wildman–Crippen MR) is 72.1 cm³/mol. The van der Waals surface area contributed by atoms with Crippen LogP contribution < -0.4 is 5.19 Å². The summed E-state index contributed by atoms with van der Waals surface area (Å²) in [6.45, 7) is 3.14. The normalized spacial score (nSPS) is 13.7. The van der Waals surface area contributed by atoms with Gasteiger partial charge < -0.3 is 13.3 Å². The molecule has 10 heteroatoms. The lowest BCUT2D eigenvalue weighted by Crippen LogP contribution is -2.57. The molecule has 132 valence electrons. The van der Waals surface area contributed by atoms with Gasteiger partial charge in [-0.15, -0.1) is 0 Å². The lowest BCUT2D eigenvalue weighted by Gasteiger charge is -2.29. The lowest BCUT2D eigenvalue weighted by molar-refractivity contribution is -0.143. The van der Waals surface area contributed by atoms with Crippen LogP contribution in [0.3, 0.4) is 0 Å². The molecular weight excluding hydrogens is 346 g/mol. The number of benzene rings is 1. The Labute approximate surface area is 130 Å². The minimum absolute atomic E-state index is 0.0450. The van der Waals surface area contributed by atoms with Crippen molar-refractivity contribution < 1.29 is 39.6 Å². The Morgan fingerprint density at radius 2 is 1.22 bits per heavy atom. The van der Waals surface area contributed by atoms with E-state index in [1.807, 2.05) is 0 Å². The second-order valence-electron chi connectivity index (χ2n) is 4.93. The van der Waals surface area contributed by atoms with Gasteiger partial charge in [0, 0.05) is 25.5 Å². The number of alkyl halides is 6. The van der Waals surface area contributed by atoms with Crippen LogP contribution in [0.25, 0.3) is 0 Å². The molecule has 0 amide bonds. The van der Waals surface area contributed by atoms with Crippen LogP contribution in [0.15, 0.2) is 18.2 Å². The van der Waals surface area contributed by atoms with Crippen molar-refractivity contribution in [3.05, 3.63) is 29.3 Å². The van der Waals surface area contributed by atoms with Crippen LogP contribution in [0, 0.1) is 0 Å². The van der Waals surface area contributed by atoms with Crippen LogP contribution >= 0.6 is 0 Å². The molecule has 0 aliphatic heterocycles. The molecular formula is C13H16F6O3Si. The zero-order valence-electron chi connectivity index (χ0n) is 12.8. The lowest BCUT2D eigenvalue weighted by atomic mass is 10.1. The van der Waals surface area contributed by atoms with Crippen molar-refractivity contribution >= 4 is 14.0 Å². The molecule has 0 N–H and O–H groups in total. The van der Waals surface area contributed by atoms with Crippen LogP contribution in [-0.4, -0.2) is 29.1 Å².